The highest BCUT2D eigenvalue weighted by molar-refractivity contribution is 6.31. The number of hydrogen-bond acceptors (Lipinski definition) is 5. The molecule has 0 radical (unpaired) electrons. The Morgan fingerprint density at radius 1 is 1.12 bits per heavy atom. The van der Waals surface area contributed by atoms with Gasteiger partial charge in [-0.2, -0.15) is 0 Å². The Kier molecular flexibility index (Phi) is 4.31. The standard InChI is InChI=1S/C17H12ClN3O3/c1-10(20-21-16(22)11-4-6-19-7-5-11)14-9-12-8-13(18)2-3-15(12)24-17(14)23/h2-9,20H,1H2,(H,21,22). The zero-order chi connectivity index (χ0) is 17.1. The SMILES string of the molecule is C=C(NNC(=O)c1ccncc1)c1cc2cc(Cl)ccc2oc1=O. The Bertz CT molecular complexity index is 983. The van der Waals surface area contributed by atoms with E-state index in [0.29, 0.717) is 21.6 Å². The van der Waals surface area contributed by atoms with Gasteiger partial charge in [-0.15, -0.1) is 0 Å². The van der Waals surface area contributed by atoms with Crippen LogP contribution in [-0.2, 0) is 0 Å². The third-order valence-electron chi connectivity index (χ3n) is 3.29. The minimum absolute atomic E-state index is 0.194. The first kappa shape index (κ1) is 15.8. The Balaban J connectivity index is 1.80. The van der Waals surface area contributed by atoms with E-state index in [1.807, 2.05) is 0 Å². The summed E-state index contributed by atoms with van der Waals surface area (Å²) in [7, 11) is 0. The summed E-state index contributed by atoms with van der Waals surface area (Å²) in [6, 6.07) is 9.64. The van der Waals surface area contributed by atoms with Crippen molar-refractivity contribution in [2.24, 2.45) is 0 Å². The van der Waals surface area contributed by atoms with Crippen molar-refractivity contribution in [2.75, 3.05) is 0 Å². The molecule has 0 atom stereocenters. The third kappa shape index (κ3) is 3.28. The van der Waals surface area contributed by atoms with Gasteiger partial charge in [-0.25, -0.2) is 4.79 Å². The van der Waals surface area contributed by atoms with Gasteiger partial charge >= 0.3 is 5.63 Å². The predicted octanol–water partition coefficient (Wildman–Crippen LogP) is 2.75. The molecule has 0 aliphatic rings. The molecule has 1 aromatic carbocycles. The molecule has 0 unspecified atom stereocenters. The summed E-state index contributed by atoms with van der Waals surface area (Å²) in [6.45, 7) is 3.75. The minimum atomic E-state index is -0.569. The first-order valence-electron chi connectivity index (χ1n) is 6.93. The highest BCUT2D eigenvalue weighted by Crippen LogP contribution is 2.20. The predicted molar refractivity (Wildman–Crippen MR) is 91.4 cm³/mol. The van der Waals surface area contributed by atoms with Gasteiger partial charge in [0.25, 0.3) is 5.91 Å². The van der Waals surface area contributed by atoms with Crippen LogP contribution in [0, 0.1) is 0 Å². The van der Waals surface area contributed by atoms with E-state index in [-0.39, 0.29) is 17.2 Å². The molecule has 3 aromatic rings. The number of carbonyl (C=O) groups excluding carboxylic acids is 1. The monoisotopic (exact) mass is 341 g/mol. The van der Waals surface area contributed by atoms with E-state index in [1.54, 1.807) is 36.4 Å². The van der Waals surface area contributed by atoms with Crippen molar-refractivity contribution in [3.8, 4) is 0 Å². The molecule has 0 saturated carbocycles. The number of halogens is 1. The fraction of sp³-hybridized carbons (Fsp3) is 0. The summed E-state index contributed by atoms with van der Waals surface area (Å²) in [4.78, 5) is 27.8. The van der Waals surface area contributed by atoms with Crippen LogP contribution in [0.15, 0.2) is 64.6 Å². The van der Waals surface area contributed by atoms with Crippen LogP contribution < -0.4 is 16.5 Å². The molecule has 0 aliphatic heterocycles. The van der Waals surface area contributed by atoms with Crippen molar-refractivity contribution in [3.05, 3.63) is 81.9 Å². The van der Waals surface area contributed by atoms with Crippen molar-refractivity contribution in [3.63, 3.8) is 0 Å². The molecule has 1 amide bonds. The van der Waals surface area contributed by atoms with Crippen molar-refractivity contribution in [2.45, 2.75) is 0 Å². The lowest BCUT2D eigenvalue weighted by Crippen LogP contribution is -2.36. The molecule has 7 heteroatoms. The van der Waals surface area contributed by atoms with Crippen molar-refractivity contribution in [1.29, 1.82) is 0 Å². The van der Waals surface area contributed by atoms with E-state index in [4.69, 9.17) is 16.0 Å². The topological polar surface area (TPSA) is 84.2 Å². The largest absolute Gasteiger partial charge is 0.422 e. The van der Waals surface area contributed by atoms with Gasteiger partial charge < -0.3 is 4.42 Å². The van der Waals surface area contributed by atoms with Crippen molar-refractivity contribution >= 4 is 34.2 Å². The van der Waals surface area contributed by atoms with E-state index in [9.17, 15) is 9.59 Å². The third-order valence-corrected chi connectivity index (χ3v) is 3.52. The van der Waals surface area contributed by atoms with E-state index in [0.717, 1.165) is 0 Å². The molecule has 0 bridgehead atoms. The molecule has 0 spiro atoms. The Morgan fingerprint density at radius 2 is 1.88 bits per heavy atom. The zero-order valence-corrected chi connectivity index (χ0v) is 13.1. The molecule has 3 rings (SSSR count). The molecule has 0 fully saturated rings. The molecular formula is C17H12ClN3O3. The van der Waals surface area contributed by atoms with E-state index >= 15 is 0 Å². The van der Waals surface area contributed by atoms with Gasteiger partial charge in [-0.3, -0.25) is 20.6 Å². The number of nitrogens with zero attached hydrogens (tertiary/aromatic N) is 1. The van der Waals surface area contributed by atoms with Gasteiger partial charge in [-0.05, 0) is 36.4 Å². The summed E-state index contributed by atoms with van der Waals surface area (Å²) in [5.74, 6) is -0.383. The molecule has 2 aromatic heterocycles. The van der Waals surface area contributed by atoms with Gasteiger partial charge in [0, 0.05) is 28.4 Å². The van der Waals surface area contributed by atoms with Crippen LogP contribution in [0.5, 0.6) is 0 Å². The fourth-order valence-corrected chi connectivity index (χ4v) is 2.26. The average Bonchev–Trinajstić information content (AvgIpc) is 2.60. The van der Waals surface area contributed by atoms with Gasteiger partial charge in [0.2, 0.25) is 0 Å². The van der Waals surface area contributed by atoms with E-state index < -0.39 is 5.63 Å². The van der Waals surface area contributed by atoms with Crippen LogP contribution in [0.25, 0.3) is 16.7 Å². The number of fused-ring (bicyclic) bond motifs is 1. The zero-order valence-electron chi connectivity index (χ0n) is 12.4. The summed E-state index contributed by atoms with van der Waals surface area (Å²) in [5, 5.41) is 1.17. The number of aromatic nitrogens is 1. The molecule has 2 N–H and O–H groups in total. The van der Waals surface area contributed by atoms with Gasteiger partial charge in [0.1, 0.15) is 5.58 Å². The van der Waals surface area contributed by atoms with Crippen LogP contribution in [-0.4, -0.2) is 10.9 Å². The summed E-state index contributed by atoms with van der Waals surface area (Å²) >= 11 is 5.94. The molecule has 0 saturated heterocycles. The van der Waals surface area contributed by atoms with Gasteiger partial charge in [0.05, 0.1) is 11.3 Å². The molecular weight excluding hydrogens is 330 g/mol. The molecule has 0 aliphatic carbocycles. The van der Waals surface area contributed by atoms with Gasteiger partial charge in [0.15, 0.2) is 0 Å². The number of pyridine rings is 1. The Morgan fingerprint density at radius 3 is 2.62 bits per heavy atom. The second-order valence-corrected chi connectivity index (χ2v) is 5.36. The maximum absolute atomic E-state index is 12.1. The fourth-order valence-electron chi connectivity index (χ4n) is 2.08. The Hall–Kier alpha value is -3.12. The molecule has 6 nitrogen and oxygen atoms in total. The quantitative estimate of drug-likeness (QED) is 0.563. The number of carbonyl (C=O) groups is 1. The summed E-state index contributed by atoms with van der Waals surface area (Å²) in [5.41, 5.74) is 5.74. The lowest BCUT2D eigenvalue weighted by atomic mass is 10.1. The van der Waals surface area contributed by atoms with Crippen LogP contribution in [0.3, 0.4) is 0 Å². The molecule has 120 valence electrons. The normalized spacial score (nSPS) is 10.4. The van der Waals surface area contributed by atoms with Crippen molar-refractivity contribution in [1.82, 2.24) is 15.8 Å². The number of benzene rings is 1. The van der Waals surface area contributed by atoms with Crippen LogP contribution in [0.2, 0.25) is 5.02 Å². The van der Waals surface area contributed by atoms with Crippen molar-refractivity contribution < 1.29 is 9.21 Å². The van der Waals surface area contributed by atoms with E-state index in [2.05, 4.69) is 22.4 Å². The second kappa shape index (κ2) is 6.55. The van der Waals surface area contributed by atoms with E-state index in [1.165, 1.54) is 12.4 Å². The number of nitrogens with one attached hydrogen (secondary N) is 2. The number of amides is 1. The first-order valence-corrected chi connectivity index (χ1v) is 7.31. The smallest absolute Gasteiger partial charge is 0.345 e. The minimum Gasteiger partial charge on any atom is -0.422 e. The van der Waals surface area contributed by atoms with Crippen LogP contribution in [0.1, 0.15) is 15.9 Å². The Labute approximate surface area is 141 Å². The molecule has 24 heavy (non-hydrogen) atoms. The number of rotatable bonds is 4. The molecule has 2 heterocycles. The number of hydrazine groups is 1. The highest BCUT2D eigenvalue weighted by Gasteiger charge is 2.11. The first-order chi connectivity index (χ1) is 11.5. The lowest BCUT2D eigenvalue weighted by Gasteiger charge is -2.11. The summed E-state index contributed by atoms with van der Waals surface area (Å²) in [6.07, 6.45) is 3.01. The summed E-state index contributed by atoms with van der Waals surface area (Å²) < 4.78 is 5.22. The average molecular weight is 342 g/mol. The lowest BCUT2D eigenvalue weighted by molar-refractivity contribution is 0.0942. The maximum atomic E-state index is 12.1. The number of hydrogen-bond donors (Lipinski definition) is 2. The van der Waals surface area contributed by atoms with Crippen LogP contribution >= 0.6 is 11.6 Å². The van der Waals surface area contributed by atoms with Crippen LogP contribution in [0.4, 0.5) is 0 Å². The van der Waals surface area contributed by atoms with Gasteiger partial charge in [-0.1, -0.05) is 18.2 Å². The second-order valence-electron chi connectivity index (χ2n) is 4.92. The highest BCUT2D eigenvalue weighted by atomic mass is 35.5. The maximum Gasteiger partial charge on any atom is 0.345 e.